The Kier molecular flexibility index (Phi) is 4.50. The highest BCUT2D eigenvalue weighted by molar-refractivity contribution is 5.85. The van der Waals surface area contributed by atoms with Crippen molar-refractivity contribution in [2.75, 3.05) is 26.9 Å². The lowest BCUT2D eigenvalue weighted by Gasteiger charge is -2.25. The molecule has 0 aromatic carbocycles. The number of rotatable bonds is 5. The van der Waals surface area contributed by atoms with Crippen LogP contribution < -0.4 is 5.32 Å². The van der Waals surface area contributed by atoms with E-state index in [-0.39, 0.29) is 18.6 Å². The van der Waals surface area contributed by atoms with E-state index >= 15 is 0 Å². The summed E-state index contributed by atoms with van der Waals surface area (Å²) in [5, 5.41) is 11.7. The lowest BCUT2D eigenvalue weighted by molar-refractivity contribution is -0.141. The predicted octanol–water partition coefficient (Wildman–Crippen LogP) is -0.321. The Bertz CT molecular complexity index is 213. The van der Waals surface area contributed by atoms with Gasteiger partial charge in [0.05, 0.1) is 19.3 Å². The summed E-state index contributed by atoms with van der Waals surface area (Å²) in [7, 11) is 1.53. The topological polar surface area (TPSA) is 67.8 Å². The van der Waals surface area contributed by atoms with Crippen molar-refractivity contribution in [2.45, 2.75) is 31.4 Å². The molecule has 88 valence electrons. The van der Waals surface area contributed by atoms with Crippen LogP contribution in [0.3, 0.4) is 0 Å². The van der Waals surface area contributed by atoms with Gasteiger partial charge in [-0.05, 0) is 19.8 Å². The van der Waals surface area contributed by atoms with Crippen molar-refractivity contribution in [1.82, 2.24) is 5.32 Å². The number of carbonyl (C=O) groups excluding carboxylic acids is 1. The molecule has 1 rings (SSSR count). The average Bonchev–Trinajstić information content (AvgIpc) is 2.65. The Balaban J connectivity index is 2.45. The molecule has 0 bridgehead atoms. The van der Waals surface area contributed by atoms with Crippen LogP contribution in [0.4, 0.5) is 0 Å². The summed E-state index contributed by atoms with van der Waals surface area (Å²) in [6.07, 6.45) is 1.63. The third-order valence-electron chi connectivity index (χ3n) is 2.62. The van der Waals surface area contributed by atoms with Crippen molar-refractivity contribution >= 4 is 5.91 Å². The molecule has 1 aliphatic heterocycles. The first kappa shape index (κ1) is 12.4. The van der Waals surface area contributed by atoms with Crippen LogP contribution >= 0.6 is 0 Å². The van der Waals surface area contributed by atoms with Crippen molar-refractivity contribution in [1.29, 1.82) is 0 Å². The van der Waals surface area contributed by atoms with E-state index in [2.05, 4.69) is 5.32 Å². The van der Waals surface area contributed by atoms with Gasteiger partial charge in [0, 0.05) is 13.7 Å². The van der Waals surface area contributed by atoms with Crippen molar-refractivity contribution in [2.24, 2.45) is 0 Å². The second-order valence-electron chi connectivity index (χ2n) is 3.99. The molecule has 0 aliphatic carbocycles. The van der Waals surface area contributed by atoms with Crippen molar-refractivity contribution < 1.29 is 19.4 Å². The maximum absolute atomic E-state index is 11.8. The molecule has 0 spiro atoms. The standard InChI is InChI=1S/C10H19NO4/c1-10(4-3-5-15-10)9(13)11-8(6-12)7-14-2/h8,12H,3-7H2,1-2H3,(H,11,13). The van der Waals surface area contributed by atoms with Gasteiger partial charge in [-0.2, -0.15) is 0 Å². The molecule has 1 amide bonds. The average molecular weight is 217 g/mol. The van der Waals surface area contributed by atoms with Gasteiger partial charge < -0.3 is 19.9 Å². The van der Waals surface area contributed by atoms with E-state index in [1.807, 2.05) is 0 Å². The Morgan fingerprint density at radius 3 is 2.93 bits per heavy atom. The zero-order valence-electron chi connectivity index (χ0n) is 9.28. The molecule has 5 heteroatoms. The molecule has 2 unspecified atom stereocenters. The Morgan fingerprint density at radius 1 is 1.73 bits per heavy atom. The summed E-state index contributed by atoms with van der Waals surface area (Å²) in [6.45, 7) is 2.57. The number of hydrogen-bond donors (Lipinski definition) is 2. The number of ether oxygens (including phenoxy) is 2. The molecule has 0 saturated carbocycles. The first-order chi connectivity index (χ1) is 7.12. The van der Waals surface area contributed by atoms with E-state index in [9.17, 15) is 4.79 Å². The smallest absolute Gasteiger partial charge is 0.252 e. The summed E-state index contributed by atoms with van der Waals surface area (Å²) in [6, 6.07) is -0.358. The zero-order valence-corrected chi connectivity index (χ0v) is 9.28. The van der Waals surface area contributed by atoms with Crippen LogP contribution in [0.15, 0.2) is 0 Å². The Hall–Kier alpha value is -0.650. The van der Waals surface area contributed by atoms with Crippen LogP contribution in [0.2, 0.25) is 0 Å². The van der Waals surface area contributed by atoms with Crippen LogP contribution in [0.5, 0.6) is 0 Å². The number of aliphatic hydroxyl groups is 1. The SMILES string of the molecule is COCC(CO)NC(=O)C1(C)CCCO1. The molecule has 0 aromatic rings. The summed E-state index contributed by atoms with van der Waals surface area (Å²) in [5.74, 6) is -0.170. The van der Waals surface area contributed by atoms with E-state index in [4.69, 9.17) is 14.6 Å². The highest BCUT2D eigenvalue weighted by Gasteiger charge is 2.38. The first-order valence-electron chi connectivity index (χ1n) is 5.17. The quantitative estimate of drug-likeness (QED) is 0.662. The lowest BCUT2D eigenvalue weighted by Crippen LogP contribution is -2.50. The van der Waals surface area contributed by atoms with Gasteiger partial charge in [0.15, 0.2) is 0 Å². The monoisotopic (exact) mass is 217 g/mol. The number of nitrogens with one attached hydrogen (secondary N) is 1. The van der Waals surface area contributed by atoms with Gasteiger partial charge in [0.25, 0.3) is 5.91 Å². The fourth-order valence-electron chi connectivity index (χ4n) is 1.64. The molecule has 15 heavy (non-hydrogen) atoms. The molecule has 1 saturated heterocycles. The van der Waals surface area contributed by atoms with Crippen LogP contribution in [0.25, 0.3) is 0 Å². The number of hydrogen-bond acceptors (Lipinski definition) is 4. The van der Waals surface area contributed by atoms with E-state index in [0.29, 0.717) is 13.2 Å². The first-order valence-corrected chi connectivity index (χ1v) is 5.17. The molecular weight excluding hydrogens is 198 g/mol. The molecular formula is C10H19NO4. The fraction of sp³-hybridized carbons (Fsp3) is 0.900. The summed E-state index contributed by atoms with van der Waals surface area (Å²) >= 11 is 0. The molecule has 0 aromatic heterocycles. The fourth-order valence-corrected chi connectivity index (χ4v) is 1.64. The highest BCUT2D eigenvalue weighted by atomic mass is 16.5. The molecule has 1 heterocycles. The van der Waals surface area contributed by atoms with Gasteiger partial charge in [0.2, 0.25) is 0 Å². The predicted molar refractivity (Wildman–Crippen MR) is 54.5 cm³/mol. The van der Waals surface area contributed by atoms with Crippen LogP contribution in [0.1, 0.15) is 19.8 Å². The molecule has 2 N–H and O–H groups in total. The minimum atomic E-state index is -0.735. The largest absolute Gasteiger partial charge is 0.394 e. The second-order valence-corrected chi connectivity index (χ2v) is 3.99. The van der Waals surface area contributed by atoms with E-state index in [1.165, 1.54) is 7.11 Å². The summed E-state index contributed by atoms with van der Waals surface area (Å²) in [4.78, 5) is 11.8. The molecule has 0 radical (unpaired) electrons. The minimum Gasteiger partial charge on any atom is -0.394 e. The molecule has 1 aliphatic rings. The number of aliphatic hydroxyl groups excluding tert-OH is 1. The summed E-state index contributed by atoms with van der Waals surface area (Å²) in [5.41, 5.74) is -0.735. The Morgan fingerprint density at radius 2 is 2.47 bits per heavy atom. The number of carbonyl (C=O) groups is 1. The minimum absolute atomic E-state index is 0.129. The van der Waals surface area contributed by atoms with Crippen molar-refractivity contribution in [3.8, 4) is 0 Å². The van der Waals surface area contributed by atoms with Crippen molar-refractivity contribution in [3.63, 3.8) is 0 Å². The Labute approximate surface area is 89.8 Å². The van der Waals surface area contributed by atoms with E-state index in [0.717, 1.165) is 12.8 Å². The number of amides is 1. The molecule has 1 fully saturated rings. The summed E-state index contributed by atoms with van der Waals surface area (Å²) < 4.78 is 10.3. The molecule has 5 nitrogen and oxygen atoms in total. The van der Waals surface area contributed by atoms with Gasteiger partial charge >= 0.3 is 0 Å². The normalized spacial score (nSPS) is 27.7. The second kappa shape index (κ2) is 5.44. The van der Waals surface area contributed by atoms with Gasteiger partial charge in [0.1, 0.15) is 5.60 Å². The van der Waals surface area contributed by atoms with E-state index in [1.54, 1.807) is 6.92 Å². The molecule has 2 atom stereocenters. The zero-order chi connectivity index (χ0) is 11.3. The van der Waals surface area contributed by atoms with Crippen LogP contribution in [-0.2, 0) is 14.3 Å². The third kappa shape index (κ3) is 3.15. The van der Waals surface area contributed by atoms with Gasteiger partial charge in [-0.25, -0.2) is 0 Å². The van der Waals surface area contributed by atoms with Gasteiger partial charge in [-0.15, -0.1) is 0 Å². The third-order valence-corrected chi connectivity index (χ3v) is 2.62. The maximum atomic E-state index is 11.8. The lowest BCUT2D eigenvalue weighted by atomic mass is 10.0. The maximum Gasteiger partial charge on any atom is 0.252 e. The highest BCUT2D eigenvalue weighted by Crippen LogP contribution is 2.25. The van der Waals surface area contributed by atoms with Gasteiger partial charge in [-0.3, -0.25) is 4.79 Å². The van der Waals surface area contributed by atoms with Crippen molar-refractivity contribution in [3.05, 3.63) is 0 Å². The van der Waals surface area contributed by atoms with Crippen LogP contribution in [-0.4, -0.2) is 49.6 Å². The van der Waals surface area contributed by atoms with E-state index < -0.39 is 5.60 Å². The van der Waals surface area contributed by atoms with Crippen LogP contribution in [0, 0.1) is 0 Å². The number of methoxy groups -OCH3 is 1. The van der Waals surface area contributed by atoms with Gasteiger partial charge in [-0.1, -0.05) is 0 Å².